The van der Waals surface area contributed by atoms with Crippen LogP contribution in [0.25, 0.3) is 10.1 Å². The van der Waals surface area contributed by atoms with Gasteiger partial charge in [-0.25, -0.2) is 0 Å². The van der Waals surface area contributed by atoms with Crippen molar-refractivity contribution in [3.8, 4) is 6.07 Å². The molecule has 20 heavy (non-hydrogen) atoms. The van der Waals surface area contributed by atoms with Gasteiger partial charge in [0.05, 0.1) is 5.56 Å². The number of hydrogen-bond acceptors (Lipinski definition) is 4. The normalized spacial score (nSPS) is 11.3. The highest BCUT2D eigenvalue weighted by molar-refractivity contribution is 7.17. The zero-order chi connectivity index (χ0) is 14.8. The molecule has 104 valence electrons. The predicted molar refractivity (Wildman–Crippen MR) is 80.7 cm³/mol. The van der Waals surface area contributed by atoms with Crippen molar-refractivity contribution in [2.24, 2.45) is 0 Å². The van der Waals surface area contributed by atoms with Crippen LogP contribution in [0.4, 0.5) is 0 Å². The predicted octanol–water partition coefficient (Wildman–Crippen LogP) is 4.05. The molecule has 0 fully saturated rings. The van der Waals surface area contributed by atoms with Crippen molar-refractivity contribution in [2.45, 2.75) is 39.2 Å². The van der Waals surface area contributed by atoms with Crippen molar-refractivity contribution in [3.05, 3.63) is 34.7 Å². The minimum absolute atomic E-state index is 0.188. The summed E-state index contributed by atoms with van der Waals surface area (Å²) in [5, 5.41) is 11.9. The number of fused-ring (bicyclic) bond motifs is 1. The summed E-state index contributed by atoms with van der Waals surface area (Å²) in [7, 11) is 0. The van der Waals surface area contributed by atoms with Gasteiger partial charge in [0.1, 0.15) is 11.7 Å². The van der Waals surface area contributed by atoms with E-state index in [0.29, 0.717) is 18.4 Å². The van der Waals surface area contributed by atoms with Crippen molar-refractivity contribution >= 4 is 27.4 Å². The highest BCUT2D eigenvalue weighted by Gasteiger charge is 2.16. The number of carbonyl (C=O) groups excluding carboxylic acids is 1. The van der Waals surface area contributed by atoms with E-state index in [-0.39, 0.29) is 5.97 Å². The average Bonchev–Trinajstić information content (AvgIpc) is 2.77. The lowest BCUT2D eigenvalue weighted by Crippen LogP contribution is -2.24. The minimum atomic E-state index is -0.444. The topological polar surface area (TPSA) is 50.1 Å². The second-order valence-electron chi connectivity index (χ2n) is 5.64. The smallest absolute Gasteiger partial charge is 0.306 e. The number of rotatable bonds is 3. The molecule has 0 atom stereocenters. The number of nitrogens with zero attached hydrogens (tertiary/aromatic N) is 1. The molecule has 0 saturated heterocycles. The Balaban J connectivity index is 2.13. The lowest BCUT2D eigenvalue weighted by Gasteiger charge is -2.19. The number of esters is 1. The third kappa shape index (κ3) is 3.37. The summed E-state index contributed by atoms with van der Waals surface area (Å²) < 4.78 is 6.40. The molecule has 0 saturated carbocycles. The highest BCUT2D eigenvalue weighted by Crippen LogP contribution is 2.29. The maximum atomic E-state index is 11.8. The molecule has 0 bridgehead atoms. The van der Waals surface area contributed by atoms with Gasteiger partial charge in [-0.3, -0.25) is 4.79 Å². The van der Waals surface area contributed by atoms with Crippen LogP contribution in [0, 0.1) is 11.3 Å². The summed E-state index contributed by atoms with van der Waals surface area (Å²) in [5.41, 5.74) is 1.35. The lowest BCUT2D eigenvalue weighted by molar-refractivity contribution is -0.154. The van der Waals surface area contributed by atoms with E-state index >= 15 is 0 Å². The van der Waals surface area contributed by atoms with Crippen LogP contribution >= 0.6 is 11.3 Å². The molecule has 1 aromatic carbocycles. The van der Waals surface area contributed by atoms with Crippen LogP contribution in [0.15, 0.2) is 23.6 Å². The van der Waals surface area contributed by atoms with Gasteiger partial charge in [-0.2, -0.15) is 5.26 Å². The molecule has 0 spiro atoms. The van der Waals surface area contributed by atoms with Gasteiger partial charge in [0.15, 0.2) is 0 Å². The number of ether oxygens (including phenoxy) is 1. The Morgan fingerprint density at radius 1 is 1.40 bits per heavy atom. The van der Waals surface area contributed by atoms with Gasteiger partial charge in [-0.15, -0.1) is 11.3 Å². The fourth-order valence-electron chi connectivity index (χ4n) is 2.03. The first-order chi connectivity index (χ1) is 9.40. The summed E-state index contributed by atoms with van der Waals surface area (Å²) in [6.45, 7) is 5.60. The fraction of sp³-hybridized carbons (Fsp3) is 0.375. The first kappa shape index (κ1) is 14.5. The highest BCUT2D eigenvalue weighted by atomic mass is 32.1. The van der Waals surface area contributed by atoms with Gasteiger partial charge in [-0.1, -0.05) is 18.2 Å². The van der Waals surface area contributed by atoms with Gasteiger partial charge >= 0.3 is 5.97 Å². The molecule has 2 aromatic rings. The Hall–Kier alpha value is -1.86. The van der Waals surface area contributed by atoms with Gasteiger partial charge in [0.25, 0.3) is 0 Å². The quantitative estimate of drug-likeness (QED) is 0.800. The van der Waals surface area contributed by atoms with Crippen LogP contribution in [0.1, 0.15) is 38.3 Å². The molecule has 0 aliphatic carbocycles. The van der Waals surface area contributed by atoms with Crippen molar-refractivity contribution in [1.82, 2.24) is 0 Å². The standard InChI is InChI=1S/C16H17NO2S/c1-16(2,3)19-14(18)8-7-11-5-4-6-13-12(9-17)10-20-15(11)13/h4-6,10H,7-8H2,1-3H3. The van der Waals surface area contributed by atoms with E-state index in [1.54, 1.807) is 11.3 Å². The Morgan fingerprint density at radius 3 is 2.80 bits per heavy atom. The zero-order valence-corrected chi connectivity index (χ0v) is 12.7. The lowest BCUT2D eigenvalue weighted by atomic mass is 10.1. The maximum absolute atomic E-state index is 11.8. The SMILES string of the molecule is CC(C)(C)OC(=O)CCc1cccc2c(C#N)csc12. The molecule has 2 rings (SSSR count). The largest absolute Gasteiger partial charge is 0.460 e. The van der Waals surface area contributed by atoms with E-state index in [2.05, 4.69) is 6.07 Å². The van der Waals surface area contributed by atoms with E-state index in [0.717, 1.165) is 15.6 Å². The molecule has 1 aromatic heterocycles. The molecule has 4 heteroatoms. The summed E-state index contributed by atoms with van der Waals surface area (Å²) in [4.78, 5) is 11.8. The first-order valence-corrected chi connectivity index (χ1v) is 7.40. The molecule has 0 unspecified atom stereocenters. The number of aryl methyl sites for hydroxylation is 1. The molecule has 0 radical (unpaired) electrons. The van der Waals surface area contributed by atoms with E-state index in [9.17, 15) is 4.79 Å². The van der Waals surface area contributed by atoms with Crippen LogP contribution in [0.2, 0.25) is 0 Å². The minimum Gasteiger partial charge on any atom is -0.460 e. The number of benzene rings is 1. The van der Waals surface area contributed by atoms with E-state index in [1.165, 1.54) is 0 Å². The van der Waals surface area contributed by atoms with Crippen LogP contribution in [-0.4, -0.2) is 11.6 Å². The third-order valence-corrected chi connectivity index (χ3v) is 3.89. The van der Waals surface area contributed by atoms with Gasteiger partial charge in [0.2, 0.25) is 0 Å². The van der Waals surface area contributed by atoms with Crippen molar-refractivity contribution in [3.63, 3.8) is 0 Å². The molecule has 0 N–H and O–H groups in total. The fourth-order valence-corrected chi connectivity index (χ4v) is 3.07. The van der Waals surface area contributed by atoms with Crippen LogP contribution < -0.4 is 0 Å². The van der Waals surface area contributed by atoms with E-state index in [1.807, 2.05) is 44.4 Å². The molecular formula is C16H17NO2S. The average molecular weight is 287 g/mol. The summed E-state index contributed by atoms with van der Waals surface area (Å²) in [6.07, 6.45) is 0.994. The number of nitriles is 1. The second kappa shape index (κ2) is 5.64. The molecule has 0 aliphatic rings. The van der Waals surface area contributed by atoms with Crippen molar-refractivity contribution in [1.29, 1.82) is 5.26 Å². The first-order valence-electron chi connectivity index (χ1n) is 6.52. The summed E-state index contributed by atoms with van der Waals surface area (Å²) in [6, 6.07) is 8.07. The molecule has 1 heterocycles. The van der Waals surface area contributed by atoms with Crippen LogP contribution in [-0.2, 0) is 16.0 Å². The Bertz CT molecular complexity index is 674. The number of carbonyl (C=O) groups is 1. The maximum Gasteiger partial charge on any atom is 0.306 e. The summed E-state index contributed by atoms with van der Waals surface area (Å²) >= 11 is 1.56. The van der Waals surface area contributed by atoms with Crippen LogP contribution in [0.3, 0.4) is 0 Å². The van der Waals surface area contributed by atoms with Crippen LogP contribution in [0.5, 0.6) is 0 Å². The van der Waals surface area contributed by atoms with Gasteiger partial charge < -0.3 is 4.74 Å². The second-order valence-corrected chi connectivity index (χ2v) is 6.52. The Kier molecular flexibility index (Phi) is 4.10. The zero-order valence-electron chi connectivity index (χ0n) is 11.9. The third-order valence-electron chi connectivity index (χ3n) is 2.82. The van der Waals surface area contributed by atoms with E-state index < -0.39 is 5.60 Å². The van der Waals surface area contributed by atoms with Crippen molar-refractivity contribution < 1.29 is 9.53 Å². The molecular weight excluding hydrogens is 270 g/mol. The Labute approximate surface area is 122 Å². The number of hydrogen-bond donors (Lipinski definition) is 0. The van der Waals surface area contributed by atoms with Gasteiger partial charge in [-0.05, 0) is 32.8 Å². The van der Waals surface area contributed by atoms with Gasteiger partial charge in [0, 0.05) is 21.9 Å². The van der Waals surface area contributed by atoms with Crippen molar-refractivity contribution in [2.75, 3.05) is 0 Å². The summed E-state index contributed by atoms with van der Waals surface area (Å²) in [5.74, 6) is -0.188. The van der Waals surface area contributed by atoms with E-state index in [4.69, 9.17) is 10.00 Å². The molecule has 0 aliphatic heterocycles. The monoisotopic (exact) mass is 287 g/mol. The Morgan fingerprint density at radius 2 is 2.15 bits per heavy atom. The molecule has 0 amide bonds. The molecule has 3 nitrogen and oxygen atoms in total. The number of thiophene rings is 1.